The van der Waals surface area contributed by atoms with Crippen LogP contribution in [0, 0.1) is 0 Å². The highest BCUT2D eigenvalue weighted by Gasteiger charge is 2.30. The van der Waals surface area contributed by atoms with Gasteiger partial charge in [0.2, 0.25) is 0 Å². The lowest BCUT2D eigenvalue weighted by atomic mass is 10.1. The smallest absolute Gasteiger partial charge is 0.337 e. The second kappa shape index (κ2) is 8.17. The van der Waals surface area contributed by atoms with Crippen molar-refractivity contribution < 1.29 is 18.0 Å². The first-order valence-corrected chi connectivity index (χ1v) is 7.73. The summed E-state index contributed by atoms with van der Waals surface area (Å²) < 4.78 is 37.8. The Hall–Kier alpha value is -1.37. The number of hydrogen-bond acceptors (Lipinski definition) is 2. The summed E-state index contributed by atoms with van der Waals surface area (Å²) in [5, 5.41) is 2.73. The summed E-state index contributed by atoms with van der Waals surface area (Å²) in [6.07, 6.45) is -4.37. The minimum atomic E-state index is -4.37. The number of thioether (sulfide) groups is 1. The zero-order valence-electron chi connectivity index (χ0n) is 12.0. The lowest BCUT2D eigenvalue weighted by Crippen LogP contribution is -2.37. The Balaban J connectivity index is 2.54. The molecule has 0 fully saturated rings. The number of alkyl halides is 3. The molecule has 0 atom stereocenters. The van der Waals surface area contributed by atoms with Crippen molar-refractivity contribution in [1.82, 2.24) is 10.2 Å². The molecule has 0 radical (unpaired) electrons. The molecular weight excluding hydrogens is 301 g/mol. The van der Waals surface area contributed by atoms with Crippen molar-refractivity contribution in [2.75, 3.05) is 25.1 Å². The van der Waals surface area contributed by atoms with E-state index in [1.807, 2.05) is 6.92 Å². The molecule has 1 rings (SSSR count). The fourth-order valence-electron chi connectivity index (χ4n) is 1.70. The van der Waals surface area contributed by atoms with E-state index >= 15 is 0 Å². The quantitative estimate of drug-likeness (QED) is 0.812. The summed E-state index contributed by atoms with van der Waals surface area (Å²) in [4.78, 5) is 13.1. The van der Waals surface area contributed by atoms with Crippen molar-refractivity contribution in [1.29, 1.82) is 0 Å². The molecule has 0 spiro atoms. The molecule has 1 aromatic carbocycles. The van der Waals surface area contributed by atoms with Gasteiger partial charge in [0, 0.05) is 25.9 Å². The van der Waals surface area contributed by atoms with Gasteiger partial charge in [-0.15, -0.1) is 0 Å². The van der Waals surface area contributed by atoms with E-state index in [1.165, 1.54) is 11.0 Å². The van der Waals surface area contributed by atoms with Gasteiger partial charge >= 0.3 is 12.2 Å². The molecule has 0 unspecified atom stereocenters. The SMILES string of the molecule is CCSCCNC(=O)N(C)Cc1cccc(C(F)(F)F)c1. The van der Waals surface area contributed by atoms with Crippen molar-refractivity contribution in [3.8, 4) is 0 Å². The van der Waals surface area contributed by atoms with Crippen LogP contribution in [0.2, 0.25) is 0 Å². The molecule has 21 heavy (non-hydrogen) atoms. The Bertz CT molecular complexity index is 466. The molecule has 1 aromatic rings. The zero-order chi connectivity index (χ0) is 15.9. The number of hydrogen-bond donors (Lipinski definition) is 1. The molecule has 0 aliphatic heterocycles. The number of benzene rings is 1. The highest BCUT2D eigenvalue weighted by Crippen LogP contribution is 2.29. The summed E-state index contributed by atoms with van der Waals surface area (Å²) in [6.45, 7) is 2.72. The summed E-state index contributed by atoms with van der Waals surface area (Å²) in [5.74, 6) is 1.80. The third kappa shape index (κ3) is 6.29. The van der Waals surface area contributed by atoms with Crippen molar-refractivity contribution in [3.63, 3.8) is 0 Å². The molecule has 0 aliphatic carbocycles. The number of rotatable bonds is 6. The molecule has 0 aromatic heterocycles. The highest BCUT2D eigenvalue weighted by molar-refractivity contribution is 7.99. The van der Waals surface area contributed by atoms with E-state index in [0.717, 1.165) is 23.6 Å². The van der Waals surface area contributed by atoms with Crippen LogP contribution in [0.15, 0.2) is 24.3 Å². The lowest BCUT2D eigenvalue weighted by molar-refractivity contribution is -0.137. The maximum atomic E-state index is 12.6. The van der Waals surface area contributed by atoms with Crippen LogP contribution in [0.1, 0.15) is 18.1 Å². The number of nitrogens with one attached hydrogen (secondary N) is 1. The van der Waals surface area contributed by atoms with Crippen LogP contribution in [0.5, 0.6) is 0 Å². The number of nitrogens with zero attached hydrogens (tertiary/aromatic N) is 1. The number of urea groups is 1. The third-order valence-electron chi connectivity index (χ3n) is 2.75. The van der Waals surface area contributed by atoms with Gasteiger partial charge < -0.3 is 10.2 Å². The van der Waals surface area contributed by atoms with Crippen molar-refractivity contribution >= 4 is 17.8 Å². The van der Waals surface area contributed by atoms with Gasteiger partial charge in [-0.05, 0) is 23.4 Å². The van der Waals surface area contributed by atoms with E-state index in [0.29, 0.717) is 12.1 Å². The van der Waals surface area contributed by atoms with Crippen LogP contribution >= 0.6 is 11.8 Å². The average Bonchev–Trinajstić information content (AvgIpc) is 2.42. The van der Waals surface area contributed by atoms with Gasteiger partial charge in [-0.3, -0.25) is 0 Å². The largest absolute Gasteiger partial charge is 0.416 e. The normalized spacial score (nSPS) is 11.3. The van der Waals surface area contributed by atoms with Gasteiger partial charge in [-0.2, -0.15) is 24.9 Å². The molecule has 3 nitrogen and oxygen atoms in total. The predicted molar refractivity (Wildman–Crippen MR) is 79.3 cm³/mol. The van der Waals surface area contributed by atoms with Gasteiger partial charge in [-0.1, -0.05) is 19.1 Å². The first kappa shape index (κ1) is 17.7. The van der Waals surface area contributed by atoms with E-state index < -0.39 is 11.7 Å². The van der Waals surface area contributed by atoms with E-state index in [4.69, 9.17) is 0 Å². The molecule has 0 heterocycles. The number of carbonyl (C=O) groups excluding carboxylic acids is 1. The average molecular weight is 320 g/mol. The molecule has 1 N–H and O–H groups in total. The minimum absolute atomic E-state index is 0.136. The molecule has 0 saturated carbocycles. The van der Waals surface area contributed by atoms with Gasteiger partial charge in [-0.25, -0.2) is 4.79 Å². The molecule has 7 heteroatoms. The third-order valence-corrected chi connectivity index (χ3v) is 3.65. The molecule has 0 bridgehead atoms. The van der Waals surface area contributed by atoms with Crippen LogP contribution in [-0.4, -0.2) is 36.0 Å². The topological polar surface area (TPSA) is 32.3 Å². The molecule has 118 valence electrons. The van der Waals surface area contributed by atoms with Crippen LogP contribution in [0.25, 0.3) is 0 Å². The Labute approximate surface area is 126 Å². The van der Waals surface area contributed by atoms with Gasteiger partial charge in [0.1, 0.15) is 0 Å². The predicted octanol–water partition coefficient (Wildman–Crippen LogP) is 3.60. The summed E-state index contributed by atoms with van der Waals surface area (Å²) >= 11 is 1.71. The monoisotopic (exact) mass is 320 g/mol. The zero-order valence-corrected chi connectivity index (χ0v) is 12.9. The Morgan fingerprint density at radius 1 is 1.38 bits per heavy atom. The minimum Gasteiger partial charge on any atom is -0.337 e. The second-order valence-corrected chi connectivity index (χ2v) is 5.88. The van der Waals surface area contributed by atoms with E-state index in [2.05, 4.69) is 5.32 Å². The van der Waals surface area contributed by atoms with Crippen molar-refractivity contribution in [2.24, 2.45) is 0 Å². The van der Waals surface area contributed by atoms with Crippen LogP contribution in [0.4, 0.5) is 18.0 Å². The summed E-state index contributed by atoms with van der Waals surface area (Å²) in [6, 6.07) is 4.72. The maximum absolute atomic E-state index is 12.6. The number of halogens is 3. The first-order valence-electron chi connectivity index (χ1n) is 6.57. The highest BCUT2D eigenvalue weighted by atomic mass is 32.2. The molecule has 0 saturated heterocycles. The van der Waals surface area contributed by atoms with Crippen LogP contribution in [0.3, 0.4) is 0 Å². The maximum Gasteiger partial charge on any atom is 0.416 e. The Morgan fingerprint density at radius 3 is 2.71 bits per heavy atom. The fraction of sp³-hybridized carbons (Fsp3) is 0.500. The standard InChI is InChI=1S/C14H19F3N2OS/c1-3-21-8-7-18-13(20)19(2)10-11-5-4-6-12(9-11)14(15,16)17/h4-6,9H,3,7-8,10H2,1-2H3,(H,18,20). The van der Waals surface area contributed by atoms with Gasteiger partial charge in [0.25, 0.3) is 0 Å². The van der Waals surface area contributed by atoms with Crippen molar-refractivity contribution in [2.45, 2.75) is 19.6 Å². The van der Waals surface area contributed by atoms with Crippen LogP contribution < -0.4 is 5.32 Å². The van der Waals surface area contributed by atoms with Gasteiger partial charge in [0.15, 0.2) is 0 Å². The number of carbonyl (C=O) groups is 1. The van der Waals surface area contributed by atoms with Crippen molar-refractivity contribution in [3.05, 3.63) is 35.4 Å². The molecular formula is C14H19F3N2OS. The number of amides is 2. The Morgan fingerprint density at radius 2 is 2.10 bits per heavy atom. The second-order valence-electron chi connectivity index (χ2n) is 4.48. The summed E-state index contributed by atoms with van der Waals surface area (Å²) in [5.41, 5.74) is -0.251. The molecule has 0 aliphatic rings. The van der Waals surface area contributed by atoms with Gasteiger partial charge in [0.05, 0.1) is 5.56 Å². The van der Waals surface area contributed by atoms with E-state index in [1.54, 1.807) is 24.9 Å². The molecule has 2 amide bonds. The summed E-state index contributed by atoms with van der Waals surface area (Å²) in [7, 11) is 1.56. The van der Waals surface area contributed by atoms with Crippen LogP contribution in [-0.2, 0) is 12.7 Å². The first-order chi connectivity index (χ1) is 9.84. The fourth-order valence-corrected chi connectivity index (χ4v) is 2.24. The lowest BCUT2D eigenvalue weighted by Gasteiger charge is -2.18. The van der Waals surface area contributed by atoms with E-state index in [-0.39, 0.29) is 12.6 Å². The van der Waals surface area contributed by atoms with E-state index in [9.17, 15) is 18.0 Å². The Kier molecular flexibility index (Phi) is 6.87.